The minimum absolute atomic E-state index is 0.206. The van der Waals surface area contributed by atoms with E-state index in [0.717, 1.165) is 0 Å². The summed E-state index contributed by atoms with van der Waals surface area (Å²) in [4.78, 5) is 11.9. The Labute approximate surface area is 99.0 Å². The number of aryl methyl sites for hydroxylation is 1. The Kier molecular flexibility index (Phi) is 3.09. The van der Waals surface area contributed by atoms with Crippen molar-refractivity contribution < 1.29 is 9.53 Å². The van der Waals surface area contributed by atoms with Crippen LogP contribution in [0.4, 0.5) is 5.69 Å². The van der Waals surface area contributed by atoms with Crippen LogP contribution in [-0.2, 0) is 7.05 Å². The molecule has 0 bridgehead atoms. The van der Waals surface area contributed by atoms with Gasteiger partial charge in [-0.2, -0.15) is 5.10 Å². The molecule has 0 atom stereocenters. The number of ether oxygens (including phenoxy) is 1. The Morgan fingerprint density at radius 2 is 2.18 bits per heavy atom. The van der Waals surface area contributed by atoms with Gasteiger partial charge in [0.25, 0.3) is 5.91 Å². The van der Waals surface area contributed by atoms with E-state index >= 15 is 0 Å². The molecule has 17 heavy (non-hydrogen) atoms. The third-order valence-electron chi connectivity index (χ3n) is 2.32. The van der Waals surface area contributed by atoms with E-state index in [4.69, 9.17) is 4.74 Å². The van der Waals surface area contributed by atoms with Crippen molar-refractivity contribution in [3.63, 3.8) is 0 Å². The van der Waals surface area contributed by atoms with E-state index in [2.05, 4.69) is 10.4 Å². The molecule has 2 aromatic rings. The van der Waals surface area contributed by atoms with Crippen LogP contribution in [0.1, 0.15) is 10.4 Å². The van der Waals surface area contributed by atoms with Gasteiger partial charge in [-0.05, 0) is 12.1 Å². The van der Waals surface area contributed by atoms with Gasteiger partial charge >= 0.3 is 0 Å². The highest BCUT2D eigenvalue weighted by atomic mass is 16.5. The standard InChI is InChI=1S/C12H13N3O2/c1-15-8-9(7-13-15)12(16)14-10-5-3-4-6-11(10)17-2/h3-8H,1-2H3,(H,14,16). The lowest BCUT2D eigenvalue weighted by atomic mass is 10.2. The summed E-state index contributed by atoms with van der Waals surface area (Å²) in [6.07, 6.45) is 3.18. The van der Waals surface area contributed by atoms with Gasteiger partial charge in [-0.1, -0.05) is 12.1 Å². The number of hydrogen-bond donors (Lipinski definition) is 1. The van der Waals surface area contributed by atoms with Gasteiger partial charge in [0.05, 0.1) is 24.6 Å². The maximum absolute atomic E-state index is 11.9. The van der Waals surface area contributed by atoms with Crippen molar-refractivity contribution in [2.45, 2.75) is 0 Å². The first kappa shape index (κ1) is 11.2. The van der Waals surface area contributed by atoms with Crippen molar-refractivity contribution in [2.24, 2.45) is 7.05 Å². The molecule has 0 spiro atoms. The second kappa shape index (κ2) is 4.69. The largest absolute Gasteiger partial charge is 0.495 e. The summed E-state index contributed by atoms with van der Waals surface area (Å²) in [5.41, 5.74) is 1.15. The van der Waals surface area contributed by atoms with E-state index in [0.29, 0.717) is 17.0 Å². The third kappa shape index (κ3) is 2.44. The Bertz CT molecular complexity index is 534. The fourth-order valence-corrected chi connectivity index (χ4v) is 1.48. The number of para-hydroxylation sites is 2. The van der Waals surface area contributed by atoms with Crippen LogP contribution in [0.3, 0.4) is 0 Å². The average Bonchev–Trinajstić information content (AvgIpc) is 2.77. The van der Waals surface area contributed by atoms with Crippen LogP contribution < -0.4 is 10.1 Å². The number of benzene rings is 1. The number of amides is 1. The molecule has 0 aliphatic carbocycles. The molecule has 1 amide bonds. The minimum atomic E-state index is -0.206. The number of methoxy groups -OCH3 is 1. The van der Waals surface area contributed by atoms with Gasteiger partial charge in [0, 0.05) is 13.2 Å². The first-order valence-electron chi connectivity index (χ1n) is 5.13. The molecule has 1 heterocycles. The van der Waals surface area contributed by atoms with Gasteiger partial charge in [-0.25, -0.2) is 0 Å². The summed E-state index contributed by atoms with van der Waals surface area (Å²) in [5.74, 6) is 0.423. The summed E-state index contributed by atoms with van der Waals surface area (Å²) >= 11 is 0. The SMILES string of the molecule is COc1ccccc1NC(=O)c1cnn(C)c1. The van der Waals surface area contributed by atoms with Crippen molar-refractivity contribution in [1.82, 2.24) is 9.78 Å². The molecule has 0 aliphatic heterocycles. The fourth-order valence-electron chi connectivity index (χ4n) is 1.48. The van der Waals surface area contributed by atoms with Crippen molar-refractivity contribution in [3.8, 4) is 5.75 Å². The number of carbonyl (C=O) groups is 1. The van der Waals surface area contributed by atoms with Gasteiger partial charge in [0.15, 0.2) is 0 Å². The van der Waals surface area contributed by atoms with Crippen molar-refractivity contribution in [2.75, 3.05) is 12.4 Å². The van der Waals surface area contributed by atoms with E-state index in [-0.39, 0.29) is 5.91 Å². The number of aromatic nitrogens is 2. The molecule has 1 aromatic heterocycles. The lowest BCUT2D eigenvalue weighted by Gasteiger charge is -2.08. The summed E-state index contributed by atoms with van der Waals surface area (Å²) in [7, 11) is 3.33. The van der Waals surface area contributed by atoms with Crippen molar-refractivity contribution >= 4 is 11.6 Å². The first-order chi connectivity index (χ1) is 8.20. The van der Waals surface area contributed by atoms with E-state index < -0.39 is 0 Å². The highest BCUT2D eigenvalue weighted by molar-refractivity contribution is 6.04. The van der Waals surface area contributed by atoms with Crippen LogP contribution in [-0.4, -0.2) is 22.8 Å². The maximum atomic E-state index is 11.9. The molecule has 0 saturated carbocycles. The van der Waals surface area contributed by atoms with Gasteiger partial charge in [0.2, 0.25) is 0 Å². The lowest BCUT2D eigenvalue weighted by molar-refractivity contribution is 0.102. The summed E-state index contributed by atoms with van der Waals surface area (Å²) < 4.78 is 6.73. The maximum Gasteiger partial charge on any atom is 0.258 e. The van der Waals surface area contributed by atoms with Gasteiger partial charge in [-0.3, -0.25) is 9.48 Å². The molecule has 1 N–H and O–H groups in total. The Morgan fingerprint density at radius 3 is 2.82 bits per heavy atom. The van der Waals surface area contributed by atoms with Gasteiger partial charge in [-0.15, -0.1) is 0 Å². The smallest absolute Gasteiger partial charge is 0.258 e. The normalized spacial score (nSPS) is 10.0. The topological polar surface area (TPSA) is 56.1 Å². The predicted octanol–water partition coefficient (Wildman–Crippen LogP) is 1.68. The van der Waals surface area contributed by atoms with Crippen LogP contribution in [0.2, 0.25) is 0 Å². The second-order valence-corrected chi connectivity index (χ2v) is 3.56. The van der Waals surface area contributed by atoms with Crippen LogP contribution in [0.15, 0.2) is 36.7 Å². The molecule has 0 unspecified atom stereocenters. The molecule has 0 aliphatic rings. The molecule has 5 nitrogen and oxygen atoms in total. The summed E-state index contributed by atoms with van der Waals surface area (Å²) in [6, 6.07) is 7.26. The third-order valence-corrected chi connectivity index (χ3v) is 2.32. The number of rotatable bonds is 3. The number of hydrogen-bond acceptors (Lipinski definition) is 3. The van der Waals surface area contributed by atoms with Crippen LogP contribution in [0, 0.1) is 0 Å². The molecule has 0 radical (unpaired) electrons. The predicted molar refractivity (Wildman–Crippen MR) is 64.2 cm³/mol. The number of carbonyl (C=O) groups excluding carboxylic acids is 1. The van der Waals surface area contributed by atoms with E-state index in [1.54, 1.807) is 37.2 Å². The highest BCUT2D eigenvalue weighted by Gasteiger charge is 2.10. The minimum Gasteiger partial charge on any atom is -0.495 e. The molecule has 2 rings (SSSR count). The molecule has 88 valence electrons. The van der Waals surface area contributed by atoms with E-state index in [9.17, 15) is 4.79 Å². The molecule has 1 aromatic carbocycles. The Hall–Kier alpha value is -2.30. The Balaban J connectivity index is 2.18. The zero-order chi connectivity index (χ0) is 12.3. The molecule has 0 fully saturated rings. The van der Waals surface area contributed by atoms with E-state index in [1.807, 2.05) is 12.1 Å². The van der Waals surface area contributed by atoms with Crippen molar-refractivity contribution in [1.29, 1.82) is 0 Å². The zero-order valence-corrected chi connectivity index (χ0v) is 9.68. The van der Waals surface area contributed by atoms with Crippen LogP contribution in [0.5, 0.6) is 5.75 Å². The molecule has 0 saturated heterocycles. The zero-order valence-electron chi connectivity index (χ0n) is 9.68. The summed E-state index contributed by atoms with van der Waals surface area (Å²) in [6.45, 7) is 0. The average molecular weight is 231 g/mol. The lowest BCUT2D eigenvalue weighted by Crippen LogP contribution is -2.11. The quantitative estimate of drug-likeness (QED) is 0.874. The first-order valence-corrected chi connectivity index (χ1v) is 5.13. The second-order valence-electron chi connectivity index (χ2n) is 3.56. The molecule has 5 heteroatoms. The number of nitrogens with one attached hydrogen (secondary N) is 1. The number of nitrogens with zero attached hydrogens (tertiary/aromatic N) is 2. The highest BCUT2D eigenvalue weighted by Crippen LogP contribution is 2.23. The molecular weight excluding hydrogens is 218 g/mol. The fraction of sp³-hybridized carbons (Fsp3) is 0.167. The van der Waals surface area contributed by atoms with Gasteiger partial charge in [0.1, 0.15) is 5.75 Å². The van der Waals surface area contributed by atoms with E-state index in [1.165, 1.54) is 6.20 Å². The molecular formula is C12H13N3O2. The van der Waals surface area contributed by atoms with Crippen LogP contribution >= 0.6 is 0 Å². The van der Waals surface area contributed by atoms with Crippen molar-refractivity contribution in [3.05, 3.63) is 42.2 Å². The monoisotopic (exact) mass is 231 g/mol. The van der Waals surface area contributed by atoms with Crippen LogP contribution in [0.25, 0.3) is 0 Å². The Morgan fingerprint density at radius 1 is 1.41 bits per heavy atom. The summed E-state index contributed by atoms with van der Waals surface area (Å²) in [5, 5.41) is 6.72. The van der Waals surface area contributed by atoms with Gasteiger partial charge < -0.3 is 10.1 Å². The number of anilines is 1.